The number of aromatic hydroxyl groups is 2. The van der Waals surface area contributed by atoms with Gasteiger partial charge in [-0.1, -0.05) is 170 Å². The molecule has 0 saturated carbocycles. The van der Waals surface area contributed by atoms with E-state index in [4.69, 9.17) is 45.3 Å². The Kier molecular flexibility index (Phi) is 23.7. The van der Waals surface area contributed by atoms with Crippen LogP contribution in [0.3, 0.4) is 0 Å². The Morgan fingerprint density at radius 2 is 0.765 bits per heavy atom. The third-order valence-corrected chi connectivity index (χ3v) is 16.0. The first-order valence-corrected chi connectivity index (χ1v) is 28.3. The van der Waals surface area contributed by atoms with Gasteiger partial charge in [-0.25, -0.2) is 0 Å². The van der Waals surface area contributed by atoms with E-state index in [1.807, 2.05) is 36.4 Å². The first kappa shape index (κ1) is 65.8. The summed E-state index contributed by atoms with van der Waals surface area (Å²) < 4.78 is 27.9. The van der Waals surface area contributed by atoms with E-state index in [1.54, 1.807) is 12.1 Å². The molecule has 2 N–H and O–H groups in total. The molecule has 0 spiro atoms. The second-order valence-corrected chi connectivity index (χ2v) is 21.1. The largest absolute Gasteiger partial charge is 1.00 e. The van der Waals surface area contributed by atoms with Crippen LogP contribution in [0.25, 0.3) is 22.3 Å². The molecule has 3 heterocycles. The second kappa shape index (κ2) is 30.6. The van der Waals surface area contributed by atoms with E-state index in [9.17, 15) is 10.2 Å². The summed E-state index contributed by atoms with van der Waals surface area (Å²) in [5.74, 6) is 2.98. The van der Waals surface area contributed by atoms with Crippen molar-refractivity contribution in [2.75, 3.05) is 38.9 Å². The van der Waals surface area contributed by atoms with Gasteiger partial charge in [0.2, 0.25) is 0 Å². The molecule has 3 aliphatic heterocycles. The van der Waals surface area contributed by atoms with Crippen molar-refractivity contribution in [3.05, 3.63) is 287 Å². The SMILES string of the molecule is C=CCc1cc(C2(c3ccc(O)c(CC=C)c3)c3ccccc3-c3ccccc32)ccc1O.C=CCc1cc(C2(c3ccc(OCC4CO4)c(CC=C)c3)c3ccccc3-c3ccccc32)ccc1OCC1CO1.ClCC1CO1.O=CO[O-].[H-].[K+].[K+]. The number of carbonyl (C=O) groups excluding carboxylic acids is 1. The maximum Gasteiger partial charge on any atom is 1.00 e. The van der Waals surface area contributed by atoms with Crippen LogP contribution in [0.4, 0.5) is 0 Å². The number of hydrogen-bond acceptors (Lipinski definition) is 10. The number of phenols is 2. The summed E-state index contributed by atoms with van der Waals surface area (Å²) in [6, 6.07) is 59.7. The van der Waals surface area contributed by atoms with E-state index in [-0.39, 0.29) is 134 Å². The summed E-state index contributed by atoms with van der Waals surface area (Å²) in [5, 5.41) is 29.5. The minimum atomic E-state index is -0.583. The molecule has 424 valence electrons. The smallest absolute Gasteiger partial charge is 1.00 e. The summed E-state index contributed by atoms with van der Waals surface area (Å²) in [5.41, 5.74) is 17.2. The number of ether oxygens (including phenoxy) is 5. The van der Waals surface area contributed by atoms with Gasteiger partial charge in [-0.2, -0.15) is 0 Å². The van der Waals surface area contributed by atoms with Crippen LogP contribution in [0.5, 0.6) is 23.0 Å². The number of carbonyl (C=O) groups is 1. The second-order valence-electron chi connectivity index (χ2n) is 20.8. The van der Waals surface area contributed by atoms with Crippen molar-refractivity contribution in [2.45, 2.75) is 54.8 Å². The maximum atomic E-state index is 10.5. The van der Waals surface area contributed by atoms with Crippen LogP contribution in [0.15, 0.2) is 220 Å². The van der Waals surface area contributed by atoms with Gasteiger partial charge in [0.15, 0.2) is 0 Å². The molecule has 13 heteroatoms. The number of rotatable bonds is 20. The van der Waals surface area contributed by atoms with Gasteiger partial charge in [0.25, 0.3) is 6.47 Å². The van der Waals surface area contributed by atoms with Crippen LogP contribution in [0, 0.1) is 0 Å². The van der Waals surface area contributed by atoms with E-state index >= 15 is 0 Å². The molecule has 0 radical (unpaired) electrons. The average Bonchev–Trinajstić information content (AvgIpc) is 1.54. The average molecular weight is 1210 g/mol. The van der Waals surface area contributed by atoms with Crippen molar-refractivity contribution in [3.63, 3.8) is 0 Å². The quantitative estimate of drug-likeness (QED) is 0.0154. The Labute approximate surface area is 590 Å². The van der Waals surface area contributed by atoms with Crippen LogP contribution in [-0.2, 0) is 60.4 Å². The number of hydrogen-bond donors (Lipinski definition) is 2. The van der Waals surface area contributed by atoms with Crippen molar-refractivity contribution in [3.8, 4) is 45.3 Å². The van der Waals surface area contributed by atoms with Crippen LogP contribution in [0.2, 0.25) is 0 Å². The Hall–Kier alpha value is -5.21. The Morgan fingerprint density at radius 3 is 1.04 bits per heavy atom. The zero-order valence-corrected chi connectivity index (χ0v) is 55.2. The standard InChI is InChI=1S/C37H34O4.C31H26O2.C3H5ClO.CH2O3.2K.H/c1-3-9-25-19-27(15-17-35(25)40-23-29-21-38-29)37(33-13-7-5-11-31(33)32-12-6-8-14-34(32)37)28-16-18-36(26(20-28)10-4-2)41-24-30-22-39-30;1-3-9-21-19-23(15-17-29(21)32)31(24-16-18-30(33)22(20-24)10-4-2)27-13-7-5-11-25(27)26-12-6-8-14-28(26)31;4-1-3-2-5-3;2-1-4-3;;;/h3-8,11-20,29-30H,1-2,9-10,21-24H2;3-8,11-20,32-33H,1-2,9-10H2;3H,1-2H2;1,3H;;;/q;;;;2*+1;-1/p-1. The summed E-state index contributed by atoms with van der Waals surface area (Å²) in [4.78, 5) is 11.2. The molecule has 8 aromatic carbocycles. The van der Waals surface area contributed by atoms with Crippen LogP contribution < -0.4 is 118 Å². The molecular formula is C72H67ClK2O10. The topological polar surface area (TPSA) is 146 Å². The third kappa shape index (κ3) is 14.2. The molecule has 3 unspecified atom stereocenters. The predicted molar refractivity (Wildman–Crippen MR) is 326 cm³/mol. The normalized spacial score (nSPS) is 16.6. The summed E-state index contributed by atoms with van der Waals surface area (Å²) in [6.07, 6.45) is 10.9. The molecule has 3 atom stereocenters. The van der Waals surface area contributed by atoms with Gasteiger partial charge >= 0.3 is 103 Å². The van der Waals surface area contributed by atoms with E-state index in [0.29, 0.717) is 50.9 Å². The van der Waals surface area contributed by atoms with E-state index in [0.717, 1.165) is 64.7 Å². The molecule has 13 rings (SSSR count). The number of phenolic OH excluding ortho intramolecular Hbond substituents is 2. The zero-order chi connectivity index (χ0) is 57.9. The maximum absolute atomic E-state index is 10.5. The summed E-state index contributed by atoms with van der Waals surface area (Å²) in [6.45, 7) is 19.2. The molecule has 5 aliphatic rings. The fourth-order valence-electron chi connectivity index (χ4n) is 11.7. The monoisotopic (exact) mass is 1200 g/mol. The minimum Gasteiger partial charge on any atom is -1.00 e. The Balaban J connectivity index is 0.000000212. The van der Waals surface area contributed by atoms with E-state index in [1.165, 1.54) is 55.6 Å². The predicted octanol–water partition coefficient (Wildman–Crippen LogP) is 7.16. The number of allylic oxidation sites excluding steroid dienone is 4. The van der Waals surface area contributed by atoms with Crippen molar-refractivity contribution in [2.24, 2.45) is 0 Å². The van der Waals surface area contributed by atoms with Gasteiger partial charge in [0.05, 0.1) is 42.6 Å². The van der Waals surface area contributed by atoms with Gasteiger partial charge in [0, 0.05) is 0 Å². The van der Waals surface area contributed by atoms with Gasteiger partial charge in [-0.15, -0.1) is 37.9 Å². The molecule has 0 amide bonds. The van der Waals surface area contributed by atoms with E-state index in [2.05, 4.69) is 177 Å². The number of halogens is 1. The first-order chi connectivity index (χ1) is 40.7. The summed E-state index contributed by atoms with van der Waals surface area (Å²) in [7, 11) is 0. The van der Waals surface area contributed by atoms with Crippen molar-refractivity contribution >= 4 is 18.1 Å². The molecule has 3 fully saturated rings. The van der Waals surface area contributed by atoms with Crippen molar-refractivity contribution in [1.29, 1.82) is 0 Å². The fourth-order valence-corrected chi connectivity index (χ4v) is 11.9. The number of alkyl halides is 1. The molecule has 0 aromatic heterocycles. The molecular weight excluding hydrogens is 1140 g/mol. The molecule has 85 heavy (non-hydrogen) atoms. The number of fused-ring (bicyclic) bond motifs is 6. The van der Waals surface area contributed by atoms with Crippen molar-refractivity contribution in [1.82, 2.24) is 0 Å². The summed E-state index contributed by atoms with van der Waals surface area (Å²) >= 11 is 5.27. The van der Waals surface area contributed by atoms with Gasteiger partial charge in [-0.05, 0) is 139 Å². The first-order valence-electron chi connectivity index (χ1n) is 27.8. The van der Waals surface area contributed by atoms with Gasteiger partial charge in [0.1, 0.15) is 48.4 Å². The Bertz CT molecular complexity index is 3440. The fraction of sp³-hybridized carbons (Fsp3) is 0.208. The Morgan fingerprint density at radius 1 is 0.482 bits per heavy atom. The third-order valence-electron chi connectivity index (χ3n) is 15.6. The van der Waals surface area contributed by atoms with Crippen LogP contribution in [-0.4, -0.2) is 73.9 Å². The van der Waals surface area contributed by atoms with E-state index < -0.39 is 10.8 Å². The molecule has 8 aromatic rings. The minimum absolute atomic E-state index is 0. The van der Waals surface area contributed by atoms with Crippen LogP contribution in [0.1, 0.15) is 68.2 Å². The van der Waals surface area contributed by atoms with Crippen LogP contribution >= 0.6 is 11.6 Å². The van der Waals surface area contributed by atoms with Crippen molar-refractivity contribution < 1.29 is 153 Å². The number of epoxide rings is 3. The number of benzene rings is 8. The molecule has 10 nitrogen and oxygen atoms in total. The molecule has 2 aliphatic carbocycles. The van der Waals surface area contributed by atoms with Gasteiger partial charge < -0.3 is 45.5 Å². The molecule has 3 saturated heterocycles. The molecule has 0 bridgehead atoms. The zero-order valence-electron chi connectivity index (χ0n) is 49.2. The van der Waals surface area contributed by atoms with Gasteiger partial charge in [-0.3, -0.25) is 4.79 Å².